The number of hydrogen-bond acceptors (Lipinski definition) is 4. The van der Waals surface area contributed by atoms with Crippen LogP contribution in [0.1, 0.15) is 52.6 Å². The third-order valence-electron chi connectivity index (χ3n) is 4.84. The first-order chi connectivity index (χ1) is 12.6. The van der Waals surface area contributed by atoms with Crippen LogP contribution in [0.25, 0.3) is 0 Å². The maximum Gasteiger partial charge on any atom is 0.254 e. The predicted octanol–water partition coefficient (Wildman–Crippen LogP) is 3.49. The van der Waals surface area contributed by atoms with Gasteiger partial charge in [-0.1, -0.05) is 18.2 Å². The summed E-state index contributed by atoms with van der Waals surface area (Å²) in [5.41, 5.74) is 2.12. The van der Waals surface area contributed by atoms with Crippen LogP contribution < -0.4 is 5.32 Å². The molecule has 2 heterocycles. The highest BCUT2D eigenvalue weighted by atomic mass is 35.5. The third kappa shape index (κ3) is 5.62. The van der Waals surface area contributed by atoms with Gasteiger partial charge in [0.1, 0.15) is 0 Å². The molecule has 1 unspecified atom stereocenters. The number of halogens is 1. The lowest BCUT2D eigenvalue weighted by atomic mass is 10.0. The molecular formula is C21H26ClN3O2. The Balaban J connectivity index is 0.00000261. The fourth-order valence-corrected chi connectivity index (χ4v) is 3.36. The van der Waals surface area contributed by atoms with Crippen LogP contribution in [0.3, 0.4) is 0 Å². The van der Waals surface area contributed by atoms with Crippen molar-refractivity contribution in [3.63, 3.8) is 0 Å². The summed E-state index contributed by atoms with van der Waals surface area (Å²) in [7, 11) is 0. The molecule has 1 aliphatic heterocycles. The number of benzene rings is 1. The Morgan fingerprint density at radius 2 is 1.81 bits per heavy atom. The largest absolute Gasteiger partial charge is 0.330 e. The molecule has 27 heavy (non-hydrogen) atoms. The number of rotatable bonds is 5. The highest BCUT2D eigenvalue weighted by molar-refractivity contribution is 5.97. The zero-order valence-electron chi connectivity index (χ0n) is 15.6. The van der Waals surface area contributed by atoms with Crippen molar-refractivity contribution >= 4 is 24.1 Å². The van der Waals surface area contributed by atoms with E-state index in [4.69, 9.17) is 0 Å². The van der Waals surface area contributed by atoms with E-state index in [-0.39, 0.29) is 30.1 Å². The van der Waals surface area contributed by atoms with Gasteiger partial charge in [0.2, 0.25) is 0 Å². The van der Waals surface area contributed by atoms with Crippen LogP contribution in [0.4, 0.5) is 0 Å². The van der Waals surface area contributed by atoms with Crippen molar-refractivity contribution in [1.82, 2.24) is 15.2 Å². The van der Waals surface area contributed by atoms with Crippen LogP contribution in [0, 0.1) is 0 Å². The summed E-state index contributed by atoms with van der Waals surface area (Å²) in [6.07, 6.45) is 4.73. The number of carbonyl (C=O) groups excluding carboxylic acids is 2. The molecule has 6 heteroatoms. The van der Waals surface area contributed by atoms with Crippen LogP contribution in [-0.2, 0) is 6.54 Å². The first-order valence-electron chi connectivity index (χ1n) is 9.18. The minimum Gasteiger partial charge on any atom is -0.330 e. The van der Waals surface area contributed by atoms with E-state index >= 15 is 0 Å². The number of hydrogen-bond donors (Lipinski definition) is 1. The predicted molar refractivity (Wildman–Crippen MR) is 108 cm³/mol. The Bertz CT molecular complexity index is 742. The van der Waals surface area contributed by atoms with E-state index in [0.29, 0.717) is 17.7 Å². The molecule has 1 aromatic carbocycles. The molecule has 0 bridgehead atoms. The summed E-state index contributed by atoms with van der Waals surface area (Å²) in [6.45, 7) is 3.94. The Morgan fingerprint density at radius 3 is 2.48 bits per heavy atom. The topological polar surface area (TPSA) is 62.3 Å². The van der Waals surface area contributed by atoms with Gasteiger partial charge < -0.3 is 10.2 Å². The smallest absolute Gasteiger partial charge is 0.254 e. The average molecular weight is 388 g/mol. The van der Waals surface area contributed by atoms with E-state index in [2.05, 4.69) is 10.3 Å². The highest BCUT2D eigenvalue weighted by Gasteiger charge is 2.26. The quantitative estimate of drug-likeness (QED) is 0.798. The van der Waals surface area contributed by atoms with Gasteiger partial charge in [-0.2, -0.15) is 0 Å². The second-order valence-corrected chi connectivity index (χ2v) is 6.72. The number of nitrogens with zero attached hydrogens (tertiary/aromatic N) is 2. The van der Waals surface area contributed by atoms with Gasteiger partial charge >= 0.3 is 0 Å². The van der Waals surface area contributed by atoms with Gasteiger partial charge in [-0.15, -0.1) is 12.4 Å². The van der Waals surface area contributed by atoms with Crippen LogP contribution in [0.2, 0.25) is 0 Å². The number of amides is 1. The fraction of sp³-hybridized carbons (Fsp3) is 0.381. The molecule has 0 aliphatic carbocycles. The summed E-state index contributed by atoms with van der Waals surface area (Å²) in [5.74, 6) is 0.00170. The monoisotopic (exact) mass is 387 g/mol. The van der Waals surface area contributed by atoms with E-state index in [0.717, 1.165) is 38.0 Å². The van der Waals surface area contributed by atoms with E-state index < -0.39 is 0 Å². The third-order valence-corrected chi connectivity index (χ3v) is 4.84. The zero-order chi connectivity index (χ0) is 18.4. The van der Waals surface area contributed by atoms with Crippen molar-refractivity contribution in [3.8, 4) is 0 Å². The Hall–Kier alpha value is -2.24. The van der Waals surface area contributed by atoms with E-state index in [1.54, 1.807) is 30.5 Å². The molecule has 3 rings (SSSR count). The minimum absolute atomic E-state index is 0. The molecule has 1 atom stereocenters. The maximum absolute atomic E-state index is 13.2. The van der Waals surface area contributed by atoms with Gasteiger partial charge in [0.15, 0.2) is 5.78 Å². The lowest BCUT2D eigenvalue weighted by Gasteiger charge is -2.31. The number of Topliss-reactive ketones (excluding diaryl/α,β-unsaturated/α-hetero) is 1. The molecule has 0 saturated carbocycles. The first kappa shape index (κ1) is 21.1. The number of ketones is 1. The normalized spacial score (nSPS) is 16.7. The second kappa shape index (κ2) is 10.2. The van der Waals surface area contributed by atoms with Gasteiger partial charge in [0, 0.05) is 23.4 Å². The average Bonchev–Trinajstić information content (AvgIpc) is 2.96. The van der Waals surface area contributed by atoms with Gasteiger partial charge in [-0.3, -0.25) is 14.6 Å². The standard InChI is InChI=1S/C21H25N3O2.ClH/c1-16(25)17-7-9-18(10-8-17)21(26)24(15-19-5-2-3-13-23-19)20-6-4-12-22-14-11-20;/h2-3,5,7-10,13,20,22H,4,6,11-12,14-15H2,1H3;1H. The molecule has 1 amide bonds. The Labute approximate surface area is 166 Å². The first-order valence-corrected chi connectivity index (χ1v) is 9.18. The molecular weight excluding hydrogens is 362 g/mol. The number of aromatic nitrogens is 1. The van der Waals surface area contributed by atoms with Gasteiger partial charge in [-0.05, 0) is 63.5 Å². The van der Waals surface area contributed by atoms with Crippen molar-refractivity contribution in [2.24, 2.45) is 0 Å². The number of pyridine rings is 1. The Kier molecular flexibility index (Phi) is 7.95. The van der Waals surface area contributed by atoms with E-state index in [1.807, 2.05) is 23.1 Å². The van der Waals surface area contributed by atoms with E-state index in [1.165, 1.54) is 6.92 Å². The van der Waals surface area contributed by atoms with Crippen LogP contribution in [-0.4, -0.2) is 40.7 Å². The van der Waals surface area contributed by atoms with Crippen LogP contribution in [0.5, 0.6) is 0 Å². The molecule has 0 spiro atoms. The summed E-state index contributed by atoms with van der Waals surface area (Å²) in [6, 6.07) is 12.9. The Morgan fingerprint density at radius 1 is 1.07 bits per heavy atom. The van der Waals surface area contributed by atoms with Crippen molar-refractivity contribution in [3.05, 3.63) is 65.5 Å². The lowest BCUT2D eigenvalue weighted by molar-refractivity contribution is 0.0642. The molecule has 0 radical (unpaired) electrons. The van der Waals surface area contributed by atoms with Crippen molar-refractivity contribution in [2.45, 2.75) is 38.8 Å². The highest BCUT2D eigenvalue weighted by Crippen LogP contribution is 2.20. The summed E-state index contributed by atoms with van der Waals surface area (Å²) >= 11 is 0. The fourth-order valence-electron chi connectivity index (χ4n) is 3.36. The summed E-state index contributed by atoms with van der Waals surface area (Å²) < 4.78 is 0. The SMILES string of the molecule is CC(=O)c1ccc(C(=O)N(Cc2ccccn2)C2CCCNCC2)cc1.Cl. The van der Waals surface area contributed by atoms with Crippen molar-refractivity contribution in [1.29, 1.82) is 0 Å². The zero-order valence-corrected chi connectivity index (χ0v) is 16.4. The summed E-state index contributed by atoms with van der Waals surface area (Å²) in [4.78, 5) is 31.0. The molecule has 1 saturated heterocycles. The lowest BCUT2D eigenvalue weighted by Crippen LogP contribution is -2.40. The number of carbonyl (C=O) groups is 2. The summed E-state index contributed by atoms with van der Waals surface area (Å²) in [5, 5.41) is 3.40. The molecule has 1 N–H and O–H groups in total. The van der Waals surface area contributed by atoms with E-state index in [9.17, 15) is 9.59 Å². The second-order valence-electron chi connectivity index (χ2n) is 6.72. The van der Waals surface area contributed by atoms with Gasteiger partial charge in [-0.25, -0.2) is 0 Å². The minimum atomic E-state index is -0.00217. The number of nitrogens with one attached hydrogen (secondary N) is 1. The molecule has 144 valence electrons. The molecule has 2 aromatic rings. The van der Waals surface area contributed by atoms with Crippen LogP contribution in [0.15, 0.2) is 48.7 Å². The van der Waals surface area contributed by atoms with Crippen molar-refractivity contribution in [2.75, 3.05) is 13.1 Å². The molecule has 1 aromatic heterocycles. The maximum atomic E-state index is 13.2. The molecule has 5 nitrogen and oxygen atoms in total. The van der Waals surface area contributed by atoms with Gasteiger partial charge in [0.25, 0.3) is 5.91 Å². The van der Waals surface area contributed by atoms with Gasteiger partial charge in [0.05, 0.1) is 12.2 Å². The molecule has 1 fully saturated rings. The van der Waals surface area contributed by atoms with Crippen molar-refractivity contribution < 1.29 is 9.59 Å². The molecule has 1 aliphatic rings. The van der Waals surface area contributed by atoms with Crippen LogP contribution >= 0.6 is 12.4 Å².